The third kappa shape index (κ3) is 6.94. The van der Waals surface area contributed by atoms with Crippen LogP contribution in [0.1, 0.15) is 37.8 Å². The van der Waals surface area contributed by atoms with Crippen molar-refractivity contribution in [3.05, 3.63) is 73.8 Å². The number of amides is 2. The van der Waals surface area contributed by atoms with Crippen LogP contribution in [0.15, 0.2) is 42.5 Å². The molecule has 1 N–H and O–H groups in total. The van der Waals surface area contributed by atoms with E-state index in [0.717, 1.165) is 12.8 Å². The number of benzene rings is 2. The van der Waals surface area contributed by atoms with Crippen LogP contribution in [0.3, 0.4) is 0 Å². The first-order valence-corrected chi connectivity index (χ1v) is 10.7. The molecule has 0 aliphatic rings. The molecule has 2 aromatic carbocycles. The third-order valence-electron chi connectivity index (χ3n) is 4.88. The monoisotopic (exact) mass is 465 g/mol. The van der Waals surface area contributed by atoms with Crippen molar-refractivity contribution in [1.82, 2.24) is 10.2 Å². The second-order valence-corrected chi connectivity index (χ2v) is 7.98. The first-order chi connectivity index (χ1) is 14.7. The standard InChI is InChI=1S/C22H25Cl2N3O4/c1-3-4-11-25-22(29)15(2)26(14-17-9-10-18(23)13-19(17)24)21(28)12-16-7-5-6-8-20(16)27(30)31/h5-10,13,15H,3-4,11-12,14H2,1-2H3,(H,25,29)/t15-/m0/s1. The number of carbonyl (C=O) groups is 2. The summed E-state index contributed by atoms with van der Waals surface area (Å²) in [4.78, 5) is 38.0. The van der Waals surface area contributed by atoms with Gasteiger partial charge in [-0.2, -0.15) is 0 Å². The van der Waals surface area contributed by atoms with Gasteiger partial charge in [0.05, 0.1) is 11.3 Å². The molecule has 0 aromatic heterocycles. The molecule has 0 aliphatic heterocycles. The third-order valence-corrected chi connectivity index (χ3v) is 5.47. The van der Waals surface area contributed by atoms with Gasteiger partial charge in [-0.25, -0.2) is 0 Å². The molecule has 1 atom stereocenters. The molecule has 0 unspecified atom stereocenters. The zero-order valence-corrected chi connectivity index (χ0v) is 18.9. The minimum atomic E-state index is -0.793. The van der Waals surface area contributed by atoms with E-state index >= 15 is 0 Å². The Balaban J connectivity index is 2.30. The molecule has 0 spiro atoms. The number of rotatable bonds is 10. The van der Waals surface area contributed by atoms with Crippen molar-refractivity contribution < 1.29 is 14.5 Å². The van der Waals surface area contributed by atoms with Gasteiger partial charge in [0.15, 0.2) is 0 Å². The number of nitrogens with one attached hydrogen (secondary N) is 1. The van der Waals surface area contributed by atoms with Crippen molar-refractivity contribution in [3.63, 3.8) is 0 Å². The number of halogens is 2. The largest absolute Gasteiger partial charge is 0.354 e. The number of nitro groups is 1. The summed E-state index contributed by atoms with van der Waals surface area (Å²) in [6, 6.07) is 10.2. The molecule has 0 saturated heterocycles. The Hall–Kier alpha value is -2.64. The lowest BCUT2D eigenvalue weighted by Crippen LogP contribution is -2.48. The van der Waals surface area contributed by atoms with Gasteiger partial charge >= 0.3 is 0 Å². The molecule has 2 amide bonds. The van der Waals surface area contributed by atoms with E-state index in [9.17, 15) is 19.7 Å². The van der Waals surface area contributed by atoms with Gasteiger partial charge in [-0.15, -0.1) is 0 Å². The summed E-state index contributed by atoms with van der Waals surface area (Å²) in [5.74, 6) is -0.715. The van der Waals surface area contributed by atoms with E-state index in [0.29, 0.717) is 22.2 Å². The molecule has 9 heteroatoms. The molecule has 0 radical (unpaired) electrons. The van der Waals surface area contributed by atoms with Crippen LogP contribution in [0.2, 0.25) is 10.0 Å². The second kappa shape index (κ2) is 11.7. The van der Waals surface area contributed by atoms with Crippen molar-refractivity contribution in [1.29, 1.82) is 0 Å². The van der Waals surface area contributed by atoms with E-state index < -0.39 is 16.9 Å². The Bertz CT molecular complexity index is 952. The summed E-state index contributed by atoms with van der Waals surface area (Å²) < 4.78 is 0. The van der Waals surface area contributed by atoms with Gasteiger partial charge in [0, 0.05) is 34.8 Å². The Morgan fingerprint density at radius 1 is 1.16 bits per heavy atom. The van der Waals surface area contributed by atoms with Gasteiger partial charge in [0.25, 0.3) is 5.69 Å². The molecule has 7 nitrogen and oxygen atoms in total. The molecule has 0 fully saturated rings. The highest BCUT2D eigenvalue weighted by atomic mass is 35.5. The van der Waals surface area contributed by atoms with E-state index in [4.69, 9.17) is 23.2 Å². The van der Waals surface area contributed by atoms with E-state index in [2.05, 4.69) is 5.32 Å². The van der Waals surface area contributed by atoms with E-state index in [-0.39, 0.29) is 30.1 Å². The molecule has 31 heavy (non-hydrogen) atoms. The number of para-hydroxylation sites is 1. The van der Waals surface area contributed by atoms with Gasteiger partial charge < -0.3 is 10.2 Å². The van der Waals surface area contributed by atoms with Crippen LogP contribution in [0.5, 0.6) is 0 Å². The van der Waals surface area contributed by atoms with Crippen molar-refractivity contribution in [3.8, 4) is 0 Å². The van der Waals surface area contributed by atoms with E-state index in [1.807, 2.05) is 6.92 Å². The maximum absolute atomic E-state index is 13.2. The molecule has 0 heterocycles. The lowest BCUT2D eigenvalue weighted by molar-refractivity contribution is -0.385. The van der Waals surface area contributed by atoms with Crippen molar-refractivity contribution >= 4 is 40.7 Å². The smallest absolute Gasteiger partial charge is 0.273 e. The van der Waals surface area contributed by atoms with E-state index in [1.165, 1.54) is 17.0 Å². The number of nitrogens with zero attached hydrogens (tertiary/aromatic N) is 2. The van der Waals surface area contributed by atoms with Crippen molar-refractivity contribution in [2.75, 3.05) is 6.54 Å². The Labute approximate surface area is 191 Å². The lowest BCUT2D eigenvalue weighted by atomic mass is 10.1. The van der Waals surface area contributed by atoms with Crippen LogP contribution in [0.4, 0.5) is 5.69 Å². The fourth-order valence-electron chi connectivity index (χ4n) is 3.06. The molecule has 0 saturated carbocycles. The predicted octanol–water partition coefficient (Wildman–Crippen LogP) is 4.78. The molecular weight excluding hydrogens is 441 g/mol. The average Bonchev–Trinajstić information content (AvgIpc) is 2.73. The average molecular weight is 466 g/mol. The zero-order valence-electron chi connectivity index (χ0n) is 17.4. The summed E-state index contributed by atoms with van der Waals surface area (Å²) >= 11 is 12.2. The predicted molar refractivity (Wildman–Crippen MR) is 121 cm³/mol. The molecule has 0 bridgehead atoms. The second-order valence-electron chi connectivity index (χ2n) is 7.14. The number of nitro benzene ring substituents is 1. The minimum absolute atomic E-state index is 0.0673. The summed E-state index contributed by atoms with van der Waals surface area (Å²) in [7, 11) is 0. The minimum Gasteiger partial charge on any atom is -0.354 e. The summed E-state index contributed by atoms with van der Waals surface area (Å²) in [6.45, 7) is 4.22. The number of hydrogen-bond donors (Lipinski definition) is 1. The number of unbranched alkanes of at least 4 members (excludes halogenated alkanes) is 1. The van der Waals surface area contributed by atoms with Gasteiger partial charge in [0.1, 0.15) is 6.04 Å². The highest BCUT2D eigenvalue weighted by molar-refractivity contribution is 6.35. The summed E-state index contributed by atoms with van der Waals surface area (Å²) in [5, 5.41) is 15.0. The molecule has 166 valence electrons. The molecule has 2 aromatic rings. The fraction of sp³-hybridized carbons (Fsp3) is 0.364. The van der Waals surface area contributed by atoms with Gasteiger partial charge in [0.2, 0.25) is 11.8 Å². The van der Waals surface area contributed by atoms with Crippen molar-refractivity contribution in [2.45, 2.75) is 45.7 Å². The highest BCUT2D eigenvalue weighted by Crippen LogP contribution is 2.25. The maximum Gasteiger partial charge on any atom is 0.273 e. The van der Waals surface area contributed by atoms with Crippen LogP contribution in [0.25, 0.3) is 0 Å². The van der Waals surface area contributed by atoms with Gasteiger partial charge in [-0.05, 0) is 31.0 Å². The normalized spacial score (nSPS) is 11.6. The van der Waals surface area contributed by atoms with E-state index in [1.54, 1.807) is 37.3 Å². The Morgan fingerprint density at radius 3 is 2.52 bits per heavy atom. The van der Waals surface area contributed by atoms with Gasteiger partial charge in [-0.3, -0.25) is 19.7 Å². The molecule has 0 aliphatic carbocycles. The van der Waals surface area contributed by atoms with Crippen LogP contribution >= 0.6 is 23.2 Å². The van der Waals surface area contributed by atoms with Crippen molar-refractivity contribution in [2.24, 2.45) is 0 Å². The Morgan fingerprint density at radius 2 is 1.87 bits per heavy atom. The molecule has 2 rings (SSSR count). The van der Waals surface area contributed by atoms with Crippen LogP contribution in [-0.2, 0) is 22.6 Å². The van der Waals surface area contributed by atoms with Crippen LogP contribution in [-0.4, -0.2) is 34.2 Å². The Kier molecular flexibility index (Phi) is 9.27. The maximum atomic E-state index is 13.2. The van der Waals surface area contributed by atoms with Crippen LogP contribution < -0.4 is 5.32 Å². The number of carbonyl (C=O) groups excluding carboxylic acids is 2. The van der Waals surface area contributed by atoms with Gasteiger partial charge in [-0.1, -0.05) is 60.8 Å². The highest BCUT2D eigenvalue weighted by Gasteiger charge is 2.28. The first kappa shape index (κ1) is 24.6. The number of hydrogen-bond acceptors (Lipinski definition) is 4. The zero-order chi connectivity index (χ0) is 23.0. The quantitative estimate of drug-likeness (QED) is 0.310. The SMILES string of the molecule is CCCCNC(=O)[C@H](C)N(Cc1ccc(Cl)cc1Cl)C(=O)Cc1ccccc1[N+](=O)[O-]. The fourth-order valence-corrected chi connectivity index (χ4v) is 3.52. The summed E-state index contributed by atoms with van der Waals surface area (Å²) in [6.07, 6.45) is 1.54. The van der Waals surface area contributed by atoms with Crippen LogP contribution in [0, 0.1) is 10.1 Å². The molecular formula is C22H25Cl2N3O4. The topological polar surface area (TPSA) is 92.6 Å². The first-order valence-electron chi connectivity index (χ1n) is 9.98. The summed E-state index contributed by atoms with van der Waals surface area (Å²) in [5.41, 5.74) is 0.763. The lowest BCUT2D eigenvalue weighted by Gasteiger charge is -2.29.